The molecule has 0 fully saturated rings. The van der Waals surface area contributed by atoms with Crippen molar-refractivity contribution in [3.63, 3.8) is 0 Å². The summed E-state index contributed by atoms with van der Waals surface area (Å²) in [5, 5.41) is 0. The number of carbonyl (C=O) groups excluding carboxylic acids is 1. The average Bonchev–Trinajstić information content (AvgIpc) is 2.13. The van der Waals surface area contributed by atoms with Gasteiger partial charge in [0.05, 0.1) is 23.7 Å². The summed E-state index contributed by atoms with van der Waals surface area (Å²) in [4.78, 5) is 12.8. The van der Waals surface area contributed by atoms with E-state index in [1.54, 1.807) is 39.6 Å². The van der Waals surface area contributed by atoms with Gasteiger partial charge in [-0.2, -0.15) is 0 Å². The Morgan fingerprint density at radius 1 is 1.29 bits per heavy atom. The van der Waals surface area contributed by atoms with Crippen LogP contribution in [0.2, 0.25) is 0 Å². The molecule has 0 amide bonds. The van der Waals surface area contributed by atoms with Gasteiger partial charge in [-0.15, -0.1) is 0 Å². The Kier molecular flexibility index (Phi) is 6.12. The van der Waals surface area contributed by atoms with Gasteiger partial charge in [-0.3, -0.25) is 9.69 Å². The minimum Gasteiger partial charge on any atom is -0.465 e. The standard InChI is InChI=1S/C11H23NO4S/c1-6-16-10(13)9-12(5)7-8-17(14,15)11(2,3)4/h6-9H2,1-5H3. The van der Waals surface area contributed by atoms with Gasteiger partial charge in [-0.05, 0) is 34.7 Å². The number of nitrogens with zero attached hydrogens (tertiary/aromatic N) is 1. The van der Waals surface area contributed by atoms with Crippen molar-refractivity contribution in [3.05, 3.63) is 0 Å². The molecular weight excluding hydrogens is 242 g/mol. The van der Waals surface area contributed by atoms with Crippen molar-refractivity contribution in [2.75, 3.05) is 32.5 Å². The van der Waals surface area contributed by atoms with Crippen molar-refractivity contribution < 1.29 is 17.9 Å². The third kappa shape index (κ3) is 6.02. The lowest BCUT2D eigenvalue weighted by atomic mass is 10.3. The van der Waals surface area contributed by atoms with Gasteiger partial charge in [0.25, 0.3) is 0 Å². The molecule has 0 saturated carbocycles. The number of ether oxygens (including phenoxy) is 1. The van der Waals surface area contributed by atoms with Gasteiger partial charge >= 0.3 is 5.97 Å². The minimum absolute atomic E-state index is 0.0480. The fraction of sp³-hybridized carbons (Fsp3) is 0.909. The Balaban J connectivity index is 4.18. The van der Waals surface area contributed by atoms with Crippen molar-refractivity contribution in [1.29, 1.82) is 0 Å². The molecule has 0 N–H and O–H groups in total. The third-order valence-electron chi connectivity index (χ3n) is 2.38. The van der Waals surface area contributed by atoms with E-state index in [1.165, 1.54) is 0 Å². The molecule has 0 aliphatic carbocycles. The summed E-state index contributed by atoms with van der Waals surface area (Å²) in [6.07, 6.45) is 0. The lowest BCUT2D eigenvalue weighted by Crippen LogP contribution is -2.37. The van der Waals surface area contributed by atoms with Crippen LogP contribution >= 0.6 is 0 Å². The van der Waals surface area contributed by atoms with E-state index in [0.717, 1.165) is 0 Å². The molecule has 0 bridgehead atoms. The van der Waals surface area contributed by atoms with Crippen molar-refractivity contribution in [3.8, 4) is 0 Å². The van der Waals surface area contributed by atoms with Crippen LogP contribution in [0.25, 0.3) is 0 Å². The lowest BCUT2D eigenvalue weighted by Gasteiger charge is -2.21. The van der Waals surface area contributed by atoms with Crippen LogP contribution in [0, 0.1) is 0 Å². The molecule has 0 aromatic rings. The molecule has 6 heteroatoms. The summed E-state index contributed by atoms with van der Waals surface area (Å²) in [5.74, 6) is -0.282. The lowest BCUT2D eigenvalue weighted by molar-refractivity contribution is -0.144. The number of esters is 1. The van der Waals surface area contributed by atoms with Crippen molar-refractivity contribution in [1.82, 2.24) is 4.90 Å². The van der Waals surface area contributed by atoms with Crippen LogP contribution in [0.1, 0.15) is 27.7 Å². The first-order valence-corrected chi connectivity index (χ1v) is 7.32. The molecular formula is C11H23NO4S. The first-order valence-electron chi connectivity index (χ1n) is 5.66. The molecule has 0 spiro atoms. The van der Waals surface area contributed by atoms with Gasteiger partial charge in [-0.25, -0.2) is 8.42 Å². The van der Waals surface area contributed by atoms with Crippen molar-refractivity contribution in [2.45, 2.75) is 32.4 Å². The predicted octanol–water partition coefficient (Wildman–Crippen LogP) is 0.695. The second kappa shape index (κ2) is 6.35. The third-order valence-corrected chi connectivity index (χ3v) is 4.97. The van der Waals surface area contributed by atoms with Crippen LogP contribution in [0.15, 0.2) is 0 Å². The second-order valence-corrected chi connectivity index (χ2v) is 7.84. The van der Waals surface area contributed by atoms with Crippen LogP contribution in [0.3, 0.4) is 0 Å². The minimum atomic E-state index is -3.13. The fourth-order valence-electron chi connectivity index (χ4n) is 1.09. The molecule has 0 unspecified atom stereocenters. The quantitative estimate of drug-likeness (QED) is 0.661. The van der Waals surface area contributed by atoms with Gasteiger partial charge < -0.3 is 4.74 Å². The van der Waals surface area contributed by atoms with Crippen LogP contribution in [0.5, 0.6) is 0 Å². The zero-order valence-electron chi connectivity index (χ0n) is 11.3. The molecule has 0 aliphatic rings. The van der Waals surface area contributed by atoms with Gasteiger partial charge in [0.2, 0.25) is 0 Å². The zero-order valence-corrected chi connectivity index (χ0v) is 12.1. The SMILES string of the molecule is CCOC(=O)CN(C)CCS(=O)(=O)C(C)(C)C. The van der Waals surface area contributed by atoms with Crippen molar-refractivity contribution in [2.24, 2.45) is 0 Å². The Labute approximate surface area is 104 Å². The first-order chi connectivity index (χ1) is 7.60. The Morgan fingerprint density at radius 2 is 1.82 bits per heavy atom. The van der Waals surface area contributed by atoms with Crippen LogP contribution in [-0.2, 0) is 19.4 Å². The summed E-state index contributed by atoms with van der Waals surface area (Å²) in [6.45, 7) is 7.55. The first kappa shape index (κ1) is 16.4. The number of hydrogen-bond acceptors (Lipinski definition) is 5. The van der Waals surface area contributed by atoms with Crippen LogP contribution in [-0.4, -0.2) is 56.5 Å². The normalized spacial score (nSPS) is 12.8. The predicted molar refractivity (Wildman–Crippen MR) is 67.7 cm³/mol. The van der Waals surface area contributed by atoms with Crippen LogP contribution < -0.4 is 0 Å². The van der Waals surface area contributed by atoms with E-state index >= 15 is 0 Å². The Bertz CT molecular complexity index is 343. The van der Waals surface area contributed by atoms with Crippen molar-refractivity contribution >= 4 is 15.8 Å². The van der Waals surface area contributed by atoms with E-state index in [2.05, 4.69) is 0 Å². The highest BCUT2D eigenvalue weighted by Gasteiger charge is 2.28. The van der Waals surface area contributed by atoms with Gasteiger partial charge in [-0.1, -0.05) is 0 Å². The summed E-state index contributed by atoms with van der Waals surface area (Å²) >= 11 is 0. The maximum atomic E-state index is 11.8. The number of carbonyl (C=O) groups is 1. The van der Waals surface area contributed by atoms with E-state index in [-0.39, 0.29) is 18.3 Å². The van der Waals surface area contributed by atoms with Gasteiger partial charge in [0, 0.05) is 6.54 Å². The number of likely N-dealkylation sites (N-methyl/N-ethyl adjacent to an activating group) is 1. The van der Waals surface area contributed by atoms with E-state index in [0.29, 0.717) is 13.2 Å². The highest BCUT2D eigenvalue weighted by Crippen LogP contribution is 2.15. The molecule has 0 heterocycles. The molecule has 5 nitrogen and oxygen atoms in total. The van der Waals surface area contributed by atoms with Gasteiger partial charge in [0.1, 0.15) is 0 Å². The number of rotatable bonds is 6. The molecule has 0 atom stereocenters. The molecule has 0 aromatic carbocycles. The topological polar surface area (TPSA) is 63.7 Å². The molecule has 0 aromatic heterocycles. The summed E-state index contributed by atoms with van der Waals surface area (Å²) in [5.41, 5.74) is 0. The maximum Gasteiger partial charge on any atom is 0.320 e. The number of hydrogen-bond donors (Lipinski definition) is 0. The summed E-state index contributed by atoms with van der Waals surface area (Å²) in [6, 6.07) is 0. The fourth-order valence-corrected chi connectivity index (χ4v) is 2.25. The second-order valence-electron chi connectivity index (χ2n) is 4.97. The molecule has 17 heavy (non-hydrogen) atoms. The molecule has 0 radical (unpaired) electrons. The number of sulfone groups is 1. The van der Waals surface area contributed by atoms with Gasteiger partial charge in [0.15, 0.2) is 9.84 Å². The largest absolute Gasteiger partial charge is 0.465 e. The maximum absolute atomic E-state index is 11.8. The molecule has 0 aliphatic heterocycles. The summed E-state index contributed by atoms with van der Waals surface area (Å²) in [7, 11) is -1.43. The van der Waals surface area contributed by atoms with E-state index in [9.17, 15) is 13.2 Å². The zero-order chi connectivity index (χ0) is 13.7. The summed E-state index contributed by atoms with van der Waals surface area (Å²) < 4.78 is 27.7. The molecule has 102 valence electrons. The average molecular weight is 265 g/mol. The molecule has 0 rings (SSSR count). The molecule has 0 saturated heterocycles. The smallest absolute Gasteiger partial charge is 0.320 e. The monoisotopic (exact) mass is 265 g/mol. The van der Waals surface area contributed by atoms with E-state index in [1.807, 2.05) is 0 Å². The Hall–Kier alpha value is -0.620. The van der Waals surface area contributed by atoms with E-state index < -0.39 is 14.6 Å². The van der Waals surface area contributed by atoms with Crippen LogP contribution in [0.4, 0.5) is 0 Å². The highest BCUT2D eigenvalue weighted by atomic mass is 32.2. The highest BCUT2D eigenvalue weighted by molar-refractivity contribution is 7.92. The Morgan fingerprint density at radius 3 is 2.24 bits per heavy atom. The van der Waals surface area contributed by atoms with E-state index in [4.69, 9.17) is 4.74 Å².